The maximum Gasteiger partial charge on any atom is 0.490 e. The number of carboxylic acid groups (broad SMARTS) is 1. The lowest BCUT2D eigenvalue weighted by molar-refractivity contribution is -0.192. The Bertz CT molecular complexity index is 606. The fourth-order valence-electron chi connectivity index (χ4n) is 3.18. The number of nitrogens with one attached hydrogen (secondary N) is 1. The van der Waals surface area contributed by atoms with Crippen LogP contribution in [-0.2, 0) is 22.6 Å². The van der Waals surface area contributed by atoms with Crippen LogP contribution in [0.25, 0.3) is 0 Å². The zero-order chi connectivity index (χ0) is 16.6. The lowest BCUT2D eigenvalue weighted by Crippen LogP contribution is -2.36. The first-order valence-corrected chi connectivity index (χ1v) is 7.35. The van der Waals surface area contributed by atoms with Gasteiger partial charge in [-0.1, -0.05) is 6.07 Å². The van der Waals surface area contributed by atoms with Gasteiger partial charge in [-0.3, -0.25) is 0 Å². The van der Waals surface area contributed by atoms with Crippen LogP contribution in [0.4, 0.5) is 18.9 Å². The summed E-state index contributed by atoms with van der Waals surface area (Å²) in [5, 5.41) is 10.5. The number of aliphatic carboxylic acids is 1. The molecule has 2 fully saturated rings. The van der Waals surface area contributed by atoms with Crippen molar-refractivity contribution in [1.29, 1.82) is 0 Å². The van der Waals surface area contributed by atoms with E-state index in [1.54, 1.807) is 0 Å². The normalized spacial score (nSPS) is 25.1. The maximum atomic E-state index is 10.6. The molecule has 3 heterocycles. The van der Waals surface area contributed by atoms with Gasteiger partial charge in [-0.25, -0.2) is 4.79 Å². The number of rotatable bonds is 1. The first kappa shape index (κ1) is 16.1. The molecule has 2 saturated heterocycles. The summed E-state index contributed by atoms with van der Waals surface area (Å²) in [5.41, 5.74) is 4.32. The number of fused-ring (bicyclic) bond motifs is 3. The Morgan fingerprint density at radius 3 is 2.57 bits per heavy atom. The summed E-state index contributed by atoms with van der Waals surface area (Å²) in [6.45, 7) is 4.06. The van der Waals surface area contributed by atoms with Crippen LogP contribution >= 0.6 is 0 Å². The van der Waals surface area contributed by atoms with Gasteiger partial charge in [-0.15, -0.1) is 0 Å². The molecule has 0 amide bonds. The Hall–Kier alpha value is -1.80. The molecule has 0 aliphatic carbocycles. The molecule has 2 bridgehead atoms. The van der Waals surface area contributed by atoms with Crippen molar-refractivity contribution in [2.45, 2.75) is 37.8 Å². The number of hydrogen-bond acceptors (Lipinski definition) is 4. The van der Waals surface area contributed by atoms with Crippen molar-refractivity contribution in [1.82, 2.24) is 5.32 Å². The molecule has 0 saturated carbocycles. The maximum absolute atomic E-state index is 10.6. The minimum absolute atomic E-state index is 0.483. The van der Waals surface area contributed by atoms with Crippen molar-refractivity contribution in [3.63, 3.8) is 0 Å². The molecule has 2 atom stereocenters. The second-order valence-electron chi connectivity index (χ2n) is 5.86. The predicted octanol–water partition coefficient (Wildman–Crippen LogP) is 1.90. The van der Waals surface area contributed by atoms with Gasteiger partial charge in [0.05, 0.1) is 18.8 Å². The zero-order valence-corrected chi connectivity index (χ0v) is 12.3. The summed E-state index contributed by atoms with van der Waals surface area (Å²) < 4.78 is 37.4. The molecule has 23 heavy (non-hydrogen) atoms. The fourth-order valence-corrected chi connectivity index (χ4v) is 3.18. The third kappa shape index (κ3) is 3.42. The highest BCUT2D eigenvalue weighted by atomic mass is 19.4. The van der Waals surface area contributed by atoms with E-state index in [1.807, 2.05) is 0 Å². The van der Waals surface area contributed by atoms with Crippen molar-refractivity contribution in [2.24, 2.45) is 0 Å². The van der Waals surface area contributed by atoms with E-state index < -0.39 is 12.1 Å². The topological polar surface area (TPSA) is 61.8 Å². The van der Waals surface area contributed by atoms with Crippen LogP contribution in [-0.4, -0.2) is 42.5 Å². The van der Waals surface area contributed by atoms with E-state index in [4.69, 9.17) is 14.6 Å². The summed E-state index contributed by atoms with van der Waals surface area (Å²) in [5.74, 6) is -2.76. The van der Waals surface area contributed by atoms with Gasteiger partial charge >= 0.3 is 12.1 Å². The summed E-state index contributed by atoms with van der Waals surface area (Å²) in [6.07, 6.45) is -3.38. The smallest absolute Gasteiger partial charge is 0.475 e. The number of morpholine rings is 1. The molecule has 1 aromatic rings. The monoisotopic (exact) mass is 330 g/mol. The molecule has 1 aromatic carbocycles. The number of anilines is 1. The number of carbonyl (C=O) groups is 1. The van der Waals surface area contributed by atoms with E-state index in [-0.39, 0.29) is 0 Å². The zero-order valence-electron chi connectivity index (χ0n) is 12.3. The molecular weight excluding hydrogens is 313 g/mol. The van der Waals surface area contributed by atoms with Crippen LogP contribution in [0.3, 0.4) is 0 Å². The second-order valence-corrected chi connectivity index (χ2v) is 5.86. The van der Waals surface area contributed by atoms with Crippen molar-refractivity contribution in [3.05, 3.63) is 29.3 Å². The SMILES string of the molecule is O=C(O)C(F)(F)F.c1cc2c(cc1N1C[C@@H]3C[C@H]1CO3)CNC2. The second kappa shape index (κ2) is 6.01. The minimum Gasteiger partial charge on any atom is -0.475 e. The molecule has 5 nitrogen and oxygen atoms in total. The number of benzene rings is 1. The highest BCUT2D eigenvalue weighted by molar-refractivity contribution is 5.73. The Labute approximate surface area is 131 Å². The van der Waals surface area contributed by atoms with Crippen LogP contribution in [0.5, 0.6) is 0 Å². The third-order valence-electron chi connectivity index (χ3n) is 4.30. The average Bonchev–Trinajstić information content (AvgIpc) is 3.22. The Kier molecular flexibility index (Phi) is 4.20. The third-order valence-corrected chi connectivity index (χ3v) is 4.30. The molecule has 3 aliphatic heterocycles. The first-order valence-electron chi connectivity index (χ1n) is 7.35. The number of hydrogen-bond donors (Lipinski definition) is 2. The van der Waals surface area contributed by atoms with Gasteiger partial charge in [-0.05, 0) is 29.7 Å². The molecule has 0 radical (unpaired) electrons. The van der Waals surface area contributed by atoms with Crippen LogP contribution < -0.4 is 10.2 Å². The summed E-state index contributed by atoms with van der Waals surface area (Å²) >= 11 is 0. The molecule has 8 heteroatoms. The molecule has 2 N–H and O–H groups in total. The average molecular weight is 330 g/mol. The Balaban J connectivity index is 0.000000193. The van der Waals surface area contributed by atoms with Crippen LogP contribution in [0.15, 0.2) is 18.2 Å². The van der Waals surface area contributed by atoms with Gasteiger partial charge in [0.15, 0.2) is 0 Å². The summed E-state index contributed by atoms with van der Waals surface area (Å²) in [6, 6.07) is 7.53. The molecule has 3 aliphatic rings. The number of halogens is 3. The summed E-state index contributed by atoms with van der Waals surface area (Å²) in [7, 11) is 0. The van der Waals surface area contributed by atoms with E-state index in [0.717, 1.165) is 26.2 Å². The van der Waals surface area contributed by atoms with Gasteiger partial charge < -0.3 is 20.1 Å². The molecule has 4 rings (SSSR count). The highest BCUT2D eigenvalue weighted by Gasteiger charge is 2.39. The van der Waals surface area contributed by atoms with Crippen molar-refractivity contribution >= 4 is 11.7 Å². The van der Waals surface area contributed by atoms with E-state index in [1.165, 1.54) is 23.2 Å². The van der Waals surface area contributed by atoms with Crippen molar-refractivity contribution < 1.29 is 27.8 Å². The predicted molar refractivity (Wildman–Crippen MR) is 76.2 cm³/mol. The van der Waals surface area contributed by atoms with E-state index in [0.29, 0.717) is 12.1 Å². The number of nitrogens with zero attached hydrogens (tertiary/aromatic N) is 1. The molecular formula is C15H17F3N2O3. The van der Waals surface area contributed by atoms with E-state index in [2.05, 4.69) is 28.4 Å². The van der Waals surface area contributed by atoms with Crippen LogP contribution in [0.2, 0.25) is 0 Å². The number of ether oxygens (including phenoxy) is 1. The van der Waals surface area contributed by atoms with Gasteiger partial charge in [0.2, 0.25) is 0 Å². The Morgan fingerprint density at radius 1 is 1.30 bits per heavy atom. The molecule has 0 unspecified atom stereocenters. The van der Waals surface area contributed by atoms with Crippen molar-refractivity contribution in [3.8, 4) is 0 Å². The highest BCUT2D eigenvalue weighted by Crippen LogP contribution is 2.33. The van der Waals surface area contributed by atoms with Crippen LogP contribution in [0.1, 0.15) is 17.5 Å². The minimum atomic E-state index is -5.08. The fraction of sp³-hybridized carbons (Fsp3) is 0.533. The Morgan fingerprint density at radius 2 is 2.00 bits per heavy atom. The lowest BCUT2D eigenvalue weighted by atomic mass is 10.1. The largest absolute Gasteiger partial charge is 0.490 e. The lowest BCUT2D eigenvalue weighted by Gasteiger charge is -2.29. The number of carboxylic acids is 1. The summed E-state index contributed by atoms with van der Waals surface area (Å²) in [4.78, 5) is 11.4. The van der Waals surface area contributed by atoms with Gasteiger partial charge in [-0.2, -0.15) is 13.2 Å². The molecule has 0 aromatic heterocycles. The van der Waals surface area contributed by atoms with Crippen molar-refractivity contribution in [2.75, 3.05) is 18.1 Å². The van der Waals surface area contributed by atoms with Gasteiger partial charge in [0.25, 0.3) is 0 Å². The standard InChI is InChI=1S/C13H16N2O.C2HF3O2/c1-2-11(3-10-6-14-5-9(1)10)15-7-13-4-12(15)8-16-13;3-2(4,5)1(6)7/h1-3,12-14H,4-8H2;(H,6,7)/t12-,13-;/m0./s1. The first-order chi connectivity index (χ1) is 10.8. The molecule has 0 spiro atoms. The van der Waals surface area contributed by atoms with Gasteiger partial charge in [0, 0.05) is 25.3 Å². The van der Waals surface area contributed by atoms with Gasteiger partial charge in [0.1, 0.15) is 0 Å². The molecule has 126 valence electrons. The van der Waals surface area contributed by atoms with E-state index in [9.17, 15) is 13.2 Å². The van der Waals surface area contributed by atoms with Crippen LogP contribution in [0, 0.1) is 0 Å². The quantitative estimate of drug-likeness (QED) is 0.824. The van der Waals surface area contributed by atoms with E-state index >= 15 is 0 Å². The number of alkyl halides is 3.